The SMILES string of the molecule is CCOC(=O)OC(C)[C](C)OC(=O)OC1CCCCC1. The van der Waals surface area contributed by atoms with Crippen LogP contribution >= 0.6 is 0 Å². The van der Waals surface area contributed by atoms with E-state index in [2.05, 4.69) is 4.74 Å². The van der Waals surface area contributed by atoms with Crippen LogP contribution in [0.15, 0.2) is 0 Å². The Labute approximate surface area is 119 Å². The Morgan fingerprint density at radius 2 is 1.80 bits per heavy atom. The number of hydrogen-bond donors (Lipinski definition) is 0. The maximum atomic E-state index is 11.6. The first-order valence-corrected chi connectivity index (χ1v) is 7.08. The van der Waals surface area contributed by atoms with Gasteiger partial charge in [0.2, 0.25) is 0 Å². The molecule has 115 valence electrons. The molecule has 1 aliphatic carbocycles. The van der Waals surface area contributed by atoms with E-state index >= 15 is 0 Å². The van der Waals surface area contributed by atoms with Gasteiger partial charge in [-0.1, -0.05) is 6.42 Å². The molecular weight excluding hydrogens is 264 g/mol. The Hall–Kier alpha value is -1.46. The molecule has 1 radical (unpaired) electrons. The molecule has 1 atom stereocenters. The summed E-state index contributed by atoms with van der Waals surface area (Å²) >= 11 is 0. The number of carbonyl (C=O) groups excluding carboxylic acids is 2. The second-order valence-corrected chi connectivity index (χ2v) is 4.78. The quantitative estimate of drug-likeness (QED) is 0.720. The van der Waals surface area contributed by atoms with Crippen molar-refractivity contribution in [2.45, 2.75) is 65.1 Å². The van der Waals surface area contributed by atoms with Gasteiger partial charge in [0, 0.05) is 0 Å². The van der Waals surface area contributed by atoms with Crippen LogP contribution in [-0.4, -0.2) is 31.1 Å². The predicted molar refractivity (Wildman–Crippen MR) is 70.9 cm³/mol. The molecule has 0 bridgehead atoms. The summed E-state index contributed by atoms with van der Waals surface area (Å²) < 4.78 is 19.8. The molecule has 0 aromatic heterocycles. The van der Waals surface area contributed by atoms with E-state index < -0.39 is 18.4 Å². The van der Waals surface area contributed by atoms with E-state index in [9.17, 15) is 9.59 Å². The molecule has 0 aliphatic heterocycles. The molecule has 1 unspecified atom stereocenters. The molecule has 1 rings (SSSR count). The summed E-state index contributed by atoms with van der Waals surface area (Å²) in [6.45, 7) is 5.07. The predicted octanol–water partition coefficient (Wildman–Crippen LogP) is 3.59. The zero-order valence-corrected chi connectivity index (χ0v) is 12.3. The van der Waals surface area contributed by atoms with E-state index in [0.717, 1.165) is 25.7 Å². The van der Waals surface area contributed by atoms with Gasteiger partial charge in [-0.2, -0.15) is 0 Å². The van der Waals surface area contributed by atoms with E-state index in [-0.39, 0.29) is 18.8 Å². The summed E-state index contributed by atoms with van der Waals surface area (Å²) in [7, 11) is 0. The van der Waals surface area contributed by atoms with Crippen molar-refractivity contribution < 1.29 is 28.5 Å². The molecule has 0 N–H and O–H groups in total. The van der Waals surface area contributed by atoms with Gasteiger partial charge in [0.05, 0.1) is 6.61 Å². The Balaban J connectivity index is 2.27. The van der Waals surface area contributed by atoms with Gasteiger partial charge in [0.1, 0.15) is 12.2 Å². The lowest BCUT2D eigenvalue weighted by Crippen LogP contribution is -2.27. The van der Waals surface area contributed by atoms with Crippen molar-refractivity contribution in [3.8, 4) is 0 Å². The van der Waals surface area contributed by atoms with Crippen LogP contribution in [0.4, 0.5) is 9.59 Å². The molecule has 1 saturated carbocycles. The summed E-state index contributed by atoms with van der Waals surface area (Å²) in [6, 6.07) is 0. The van der Waals surface area contributed by atoms with E-state index in [1.165, 1.54) is 6.42 Å². The van der Waals surface area contributed by atoms with Crippen molar-refractivity contribution in [2.75, 3.05) is 6.61 Å². The second kappa shape index (κ2) is 8.66. The second-order valence-electron chi connectivity index (χ2n) is 4.78. The molecule has 20 heavy (non-hydrogen) atoms. The van der Waals surface area contributed by atoms with E-state index in [4.69, 9.17) is 14.2 Å². The largest absolute Gasteiger partial charge is 0.509 e. The van der Waals surface area contributed by atoms with Crippen molar-refractivity contribution >= 4 is 12.3 Å². The molecule has 0 aromatic rings. The monoisotopic (exact) mass is 287 g/mol. The molecular formula is C14H23O6. The smallest absolute Gasteiger partial charge is 0.435 e. The number of carbonyl (C=O) groups is 2. The fourth-order valence-corrected chi connectivity index (χ4v) is 1.94. The minimum Gasteiger partial charge on any atom is -0.435 e. The summed E-state index contributed by atoms with van der Waals surface area (Å²) in [5, 5.41) is 0. The molecule has 0 spiro atoms. The lowest BCUT2D eigenvalue weighted by atomic mass is 9.98. The standard InChI is InChI=1S/C14H23O6/c1-4-17-13(15)18-10(2)11(3)19-14(16)20-12-8-6-5-7-9-12/h10,12H,4-9H2,1-3H3. The van der Waals surface area contributed by atoms with Crippen LogP contribution in [-0.2, 0) is 18.9 Å². The molecule has 0 aromatic carbocycles. The Morgan fingerprint density at radius 3 is 2.40 bits per heavy atom. The zero-order chi connectivity index (χ0) is 15.0. The van der Waals surface area contributed by atoms with Crippen LogP contribution in [0.1, 0.15) is 52.9 Å². The molecule has 1 fully saturated rings. The molecule has 6 heteroatoms. The van der Waals surface area contributed by atoms with Crippen LogP contribution in [0, 0.1) is 6.10 Å². The van der Waals surface area contributed by atoms with Crippen molar-refractivity contribution in [1.82, 2.24) is 0 Å². The summed E-state index contributed by atoms with van der Waals surface area (Å²) in [6.07, 6.45) is 3.08. The number of rotatable bonds is 5. The van der Waals surface area contributed by atoms with Gasteiger partial charge in [0.25, 0.3) is 0 Å². The first kappa shape index (κ1) is 16.6. The van der Waals surface area contributed by atoms with Crippen molar-refractivity contribution in [3.63, 3.8) is 0 Å². The van der Waals surface area contributed by atoms with E-state index in [1.54, 1.807) is 20.8 Å². The third kappa shape index (κ3) is 6.12. The van der Waals surface area contributed by atoms with Crippen LogP contribution in [0.5, 0.6) is 0 Å². The summed E-state index contributed by atoms with van der Waals surface area (Å²) in [5.41, 5.74) is 0. The molecule has 0 saturated heterocycles. The average molecular weight is 287 g/mol. The Kier molecular flexibility index (Phi) is 7.18. The lowest BCUT2D eigenvalue weighted by molar-refractivity contribution is -0.0192. The first-order chi connectivity index (χ1) is 9.52. The number of ether oxygens (including phenoxy) is 4. The maximum Gasteiger partial charge on any atom is 0.509 e. The lowest BCUT2D eigenvalue weighted by Gasteiger charge is -2.23. The zero-order valence-electron chi connectivity index (χ0n) is 12.3. The fraction of sp³-hybridized carbons (Fsp3) is 0.786. The summed E-state index contributed by atoms with van der Waals surface area (Å²) in [5.74, 6) is 0. The average Bonchev–Trinajstić information content (AvgIpc) is 2.39. The minimum atomic E-state index is -0.788. The van der Waals surface area contributed by atoms with Crippen LogP contribution in [0.2, 0.25) is 0 Å². The molecule has 0 amide bonds. The number of hydrogen-bond acceptors (Lipinski definition) is 6. The Morgan fingerprint density at radius 1 is 1.15 bits per heavy atom. The van der Waals surface area contributed by atoms with Gasteiger partial charge in [-0.25, -0.2) is 9.59 Å². The van der Waals surface area contributed by atoms with Gasteiger partial charge in [-0.15, -0.1) is 0 Å². The highest BCUT2D eigenvalue weighted by molar-refractivity contribution is 5.62. The maximum absolute atomic E-state index is 11.6. The third-order valence-corrected chi connectivity index (χ3v) is 3.17. The van der Waals surface area contributed by atoms with Gasteiger partial charge in [0.15, 0.2) is 6.10 Å². The first-order valence-electron chi connectivity index (χ1n) is 7.08. The topological polar surface area (TPSA) is 71.1 Å². The van der Waals surface area contributed by atoms with Crippen molar-refractivity contribution in [1.29, 1.82) is 0 Å². The van der Waals surface area contributed by atoms with Crippen molar-refractivity contribution in [2.24, 2.45) is 0 Å². The molecule has 1 aliphatic rings. The van der Waals surface area contributed by atoms with E-state index in [0.29, 0.717) is 0 Å². The van der Waals surface area contributed by atoms with Gasteiger partial charge in [-0.3, -0.25) is 0 Å². The Bertz CT molecular complexity index is 311. The van der Waals surface area contributed by atoms with Crippen molar-refractivity contribution in [3.05, 3.63) is 6.10 Å². The normalized spacial score (nSPS) is 17.4. The highest BCUT2D eigenvalue weighted by Gasteiger charge is 2.25. The molecule has 0 heterocycles. The third-order valence-electron chi connectivity index (χ3n) is 3.17. The van der Waals surface area contributed by atoms with Gasteiger partial charge >= 0.3 is 12.3 Å². The van der Waals surface area contributed by atoms with Crippen LogP contribution in [0.3, 0.4) is 0 Å². The van der Waals surface area contributed by atoms with Gasteiger partial charge in [-0.05, 0) is 46.5 Å². The molecule has 6 nitrogen and oxygen atoms in total. The van der Waals surface area contributed by atoms with Crippen LogP contribution in [0.25, 0.3) is 0 Å². The summed E-state index contributed by atoms with van der Waals surface area (Å²) in [4.78, 5) is 22.7. The van der Waals surface area contributed by atoms with E-state index in [1.807, 2.05) is 0 Å². The van der Waals surface area contributed by atoms with Crippen LogP contribution < -0.4 is 0 Å². The minimum absolute atomic E-state index is 0.0645. The fourth-order valence-electron chi connectivity index (χ4n) is 1.94. The highest BCUT2D eigenvalue weighted by atomic mass is 16.8. The highest BCUT2D eigenvalue weighted by Crippen LogP contribution is 2.22. The van der Waals surface area contributed by atoms with Gasteiger partial charge < -0.3 is 18.9 Å².